The molecule has 1 saturated carbocycles. The zero-order chi connectivity index (χ0) is 16.1. The molecule has 0 saturated heterocycles. The van der Waals surface area contributed by atoms with Gasteiger partial charge >= 0.3 is 0 Å². The number of nitrogens with zero attached hydrogens (tertiary/aromatic N) is 1. The Hall–Kier alpha value is -1.23. The third-order valence-electron chi connectivity index (χ3n) is 4.13. The van der Waals surface area contributed by atoms with Crippen LogP contribution in [0, 0.1) is 0 Å². The maximum atomic E-state index is 12.9. The largest absolute Gasteiger partial charge is 0.493 e. The molecule has 0 spiro atoms. The van der Waals surface area contributed by atoms with Crippen LogP contribution in [-0.4, -0.2) is 37.1 Å². The number of methoxy groups -OCH3 is 1. The first kappa shape index (κ1) is 17.1. The summed E-state index contributed by atoms with van der Waals surface area (Å²) >= 11 is 3.49. The maximum absolute atomic E-state index is 12.9. The predicted molar refractivity (Wildman–Crippen MR) is 90.8 cm³/mol. The summed E-state index contributed by atoms with van der Waals surface area (Å²) in [6.07, 6.45) is 4.64. The molecule has 0 radical (unpaired) electrons. The topological polar surface area (TPSA) is 38.8 Å². The molecule has 1 aliphatic carbocycles. The van der Waals surface area contributed by atoms with E-state index in [2.05, 4.69) is 15.9 Å². The Kier molecular flexibility index (Phi) is 6.12. The lowest BCUT2D eigenvalue weighted by Gasteiger charge is -2.28. The summed E-state index contributed by atoms with van der Waals surface area (Å²) in [5.74, 6) is 1.30. The molecule has 0 unspecified atom stereocenters. The SMILES string of the molecule is CCOc1c(Br)cc(C(=O)N(CC)C2CCCC2)cc1OC. The van der Waals surface area contributed by atoms with Crippen LogP contribution < -0.4 is 9.47 Å². The highest BCUT2D eigenvalue weighted by Gasteiger charge is 2.27. The van der Waals surface area contributed by atoms with E-state index in [1.807, 2.05) is 24.8 Å². The van der Waals surface area contributed by atoms with E-state index in [1.54, 1.807) is 13.2 Å². The summed E-state index contributed by atoms with van der Waals surface area (Å²) in [6, 6.07) is 3.97. The molecule has 5 heteroatoms. The Morgan fingerprint density at radius 2 is 2.00 bits per heavy atom. The molecule has 122 valence electrons. The van der Waals surface area contributed by atoms with E-state index in [4.69, 9.17) is 9.47 Å². The summed E-state index contributed by atoms with van der Waals surface area (Å²) in [5, 5.41) is 0. The van der Waals surface area contributed by atoms with Gasteiger partial charge in [0.05, 0.1) is 18.2 Å². The first-order valence-corrected chi connectivity index (χ1v) is 8.72. The lowest BCUT2D eigenvalue weighted by Crippen LogP contribution is -2.38. The fourth-order valence-electron chi connectivity index (χ4n) is 3.08. The molecule has 1 aromatic carbocycles. The van der Waals surface area contributed by atoms with Gasteiger partial charge in [0.25, 0.3) is 5.91 Å². The molecule has 1 fully saturated rings. The minimum Gasteiger partial charge on any atom is -0.493 e. The second kappa shape index (κ2) is 7.86. The van der Waals surface area contributed by atoms with Gasteiger partial charge in [-0.3, -0.25) is 4.79 Å². The summed E-state index contributed by atoms with van der Waals surface area (Å²) in [5.41, 5.74) is 0.640. The zero-order valence-electron chi connectivity index (χ0n) is 13.5. The highest BCUT2D eigenvalue weighted by molar-refractivity contribution is 9.10. The summed E-state index contributed by atoms with van der Waals surface area (Å²) < 4.78 is 11.7. The van der Waals surface area contributed by atoms with Gasteiger partial charge in [-0.05, 0) is 54.8 Å². The van der Waals surface area contributed by atoms with Crippen molar-refractivity contribution in [2.24, 2.45) is 0 Å². The van der Waals surface area contributed by atoms with Gasteiger partial charge in [0.2, 0.25) is 0 Å². The van der Waals surface area contributed by atoms with Gasteiger partial charge in [-0.25, -0.2) is 0 Å². The van der Waals surface area contributed by atoms with Crippen molar-refractivity contribution in [3.05, 3.63) is 22.2 Å². The van der Waals surface area contributed by atoms with E-state index in [0.717, 1.165) is 23.9 Å². The average Bonchev–Trinajstić information content (AvgIpc) is 3.04. The average molecular weight is 370 g/mol. The molecule has 0 N–H and O–H groups in total. The van der Waals surface area contributed by atoms with E-state index in [0.29, 0.717) is 29.7 Å². The van der Waals surface area contributed by atoms with Crippen LogP contribution in [0.1, 0.15) is 49.9 Å². The molecule has 1 aromatic rings. The van der Waals surface area contributed by atoms with Crippen molar-refractivity contribution in [1.29, 1.82) is 0 Å². The van der Waals surface area contributed by atoms with Gasteiger partial charge in [0.15, 0.2) is 11.5 Å². The Morgan fingerprint density at radius 1 is 1.32 bits per heavy atom. The van der Waals surface area contributed by atoms with Crippen molar-refractivity contribution < 1.29 is 14.3 Å². The summed E-state index contributed by atoms with van der Waals surface area (Å²) in [6.45, 7) is 5.24. The number of ether oxygens (including phenoxy) is 2. The van der Waals surface area contributed by atoms with Crippen molar-refractivity contribution in [3.8, 4) is 11.5 Å². The predicted octanol–water partition coefficient (Wildman–Crippen LogP) is 4.26. The molecule has 0 atom stereocenters. The molecular formula is C17H24BrNO3. The van der Waals surface area contributed by atoms with Crippen LogP contribution in [0.4, 0.5) is 0 Å². The standard InChI is InChI=1S/C17H24BrNO3/c1-4-19(13-8-6-7-9-13)17(20)12-10-14(18)16(22-5-2)15(11-12)21-3/h10-11,13H,4-9H2,1-3H3. The Morgan fingerprint density at radius 3 is 2.55 bits per heavy atom. The van der Waals surface area contributed by atoms with E-state index < -0.39 is 0 Å². The van der Waals surface area contributed by atoms with Crippen molar-refractivity contribution >= 4 is 21.8 Å². The quantitative estimate of drug-likeness (QED) is 0.751. The van der Waals surface area contributed by atoms with Gasteiger partial charge in [0.1, 0.15) is 0 Å². The number of carbonyl (C=O) groups excluding carboxylic acids is 1. The third kappa shape index (κ3) is 3.57. The Bertz CT molecular complexity index is 527. The van der Waals surface area contributed by atoms with Crippen LogP contribution in [-0.2, 0) is 0 Å². The molecule has 0 aliphatic heterocycles. The van der Waals surface area contributed by atoms with Gasteiger partial charge in [-0.1, -0.05) is 12.8 Å². The van der Waals surface area contributed by atoms with E-state index >= 15 is 0 Å². The maximum Gasteiger partial charge on any atom is 0.254 e. The number of hydrogen-bond acceptors (Lipinski definition) is 3. The summed E-state index contributed by atoms with van der Waals surface area (Å²) in [7, 11) is 1.59. The van der Waals surface area contributed by atoms with Crippen molar-refractivity contribution in [3.63, 3.8) is 0 Å². The highest BCUT2D eigenvalue weighted by Crippen LogP contribution is 2.37. The molecule has 0 bridgehead atoms. The number of halogens is 1. The normalized spacial score (nSPS) is 14.9. The molecule has 0 heterocycles. The van der Waals surface area contributed by atoms with Crippen molar-refractivity contribution in [1.82, 2.24) is 4.90 Å². The molecule has 1 aliphatic rings. The minimum absolute atomic E-state index is 0.0662. The van der Waals surface area contributed by atoms with Gasteiger partial charge in [-0.15, -0.1) is 0 Å². The lowest BCUT2D eigenvalue weighted by atomic mass is 10.1. The molecular weight excluding hydrogens is 346 g/mol. The number of rotatable bonds is 6. The van der Waals surface area contributed by atoms with E-state index in [-0.39, 0.29) is 5.91 Å². The number of hydrogen-bond donors (Lipinski definition) is 0. The number of amides is 1. The second-order valence-corrected chi connectivity index (χ2v) is 6.31. The highest BCUT2D eigenvalue weighted by atomic mass is 79.9. The molecule has 22 heavy (non-hydrogen) atoms. The molecule has 2 rings (SSSR count). The smallest absolute Gasteiger partial charge is 0.254 e. The van der Waals surface area contributed by atoms with Crippen LogP contribution >= 0.6 is 15.9 Å². The van der Waals surface area contributed by atoms with E-state index in [1.165, 1.54) is 12.8 Å². The van der Waals surface area contributed by atoms with Crippen LogP contribution in [0.2, 0.25) is 0 Å². The minimum atomic E-state index is 0.0662. The molecule has 1 amide bonds. The van der Waals surface area contributed by atoms with Crippen LogP contribution in [0.3, 0.4) is 0 Å². The fourth-order valence-corrected chi connectivity index (χ4v) is 3.63. The molecule has 0 aromatic heterocycles. The zero-order valence-corrected chi connectivity index (χ0v) is 15.1. The van der Waals surface area contributed by atoms with Crippen molar-refractivity contribution in [2.75, 3.05) is 20.3 Å². The van der Waals surface area contributed by atoms with E-state index in [9.17, 15) is 4.79 Å². The van der Waals surface area contributed by atoms with Crippen LogP contribution in [0.25, 0.3) is 0 Å². The number of carbonyl (C=O) groups is 1. The fraction of sp³-hybridized carbons (Fsp3) is 0.588. The first-order valence-electron chi connectivity index (χ1n) is 7.93. The van der Waals surface area contributed by atoms with Gasteiger partial charge in [-0.2, -0.15) is 0 Å². The van der Waals surface area contributed by atoms with Crippen LogP contribution in [0.15, 0.2) is 16.6 Å². The monoisotopic (exact) mass is 369 g/mol. The third-order valence-corrected chi connectivity index (χ3v) is 4.72. The Labute approximate surface area is 140 Å². The molecule has 4 nitrogen and oxygen atoms in total. The second-order valence-electron chi connectivity index (χ2n) is 5.45. The number of benzene rings is 1. The summed E-state index contributed by atoms with van der Waals surface area (Å²) in [4.78, 5) is 14.8. The Balaban J connectivity index is 2.30. The van der Waals surface area contributed by atoms with Gasteiger partial charge in [0, 0.05) is 18.2 Å². The van der Waals surface area contributed by atoms with Crippen LogP contribution in [0.5, 0.6) is 11.5 Å². The first-order chi connectivity index (χ1) is 10.6. The van der Waals surface area contributed by atoms with Crippen molar-refractivity contribution in [2.45, 2.75) is 45.6 Å². The lowest BCUT2D eigenvalue weighted by molar-refractivity contribution is 0.0693. The van der Waals surface area contributed by atoms with Gasteiger partial charge < -0.3 is 14.4 Å².